The lowest BCUT2D eigenvalue weighted by molar-refractivity contribution is -0.137. The number of amides is 2. The van der Waals surface area contributed by atoms with E-state index in [1.165, 1.54) is 0 Å². The second-order valence-corrected chi connectivity index (χ2v) is 7.91. The van der Waals surface area contributed by atoms with Gasteiger partial charge in [-0.05, 0) is 23.8 Å². The highest BCUT2D eigenvalue weighted by Gasteiger charge is 2.47. The van der Waals surface area contributed by atoms with Crippen molar-refractivity contribution in [2.45, 2.75) is 18.6 Å². The number of fused-ring (bicyclic) bond motifs is 2. The van der Waals surface area contributed by atoms with Crippen molar-refractivity contribution in [3.05, 3.63) is 59.9 Å². The van der Waals surface area contributed by atoms with Crippen molar-refractivity contribution in [2.75, 3.05) is 26.2 Å². The second kappa shape index (κ2) is 7.48. The number of nitrogens with one attached hydrogen (secondary N) is 1. The molecule has 0 unspecified atom stereocenters. The lowest BCUT2D eigenvalue weighted by atomic mass is 9.93. The summed E-state index contributed by atoms with van der Waals surface area (Å²) in [6.45, 7) is 2.37. The molecule has 0 spiro atoms. The normalized spacial score (nSPS) is 27.2. The van der Waals surface area contributed by atoms with Crippen LogP contribution >= 0.6 is 0 Å². The lowest BCUT2D eigenvalue weighted by Crippen LogP contribution is -2.41. The Morgan fingerprint density at radius 1 is 1.17 bits per heavy atom. The van der Waals surface area contributed by atoms with Crippen LogP contribution in [0, 0.1) is 11.8 Å². The van der Waals surface area contributed by atoms with Gasteiger partial charge >= 0.3 is 0 Å². The minimum Gasteiger partial charge on any atom is -0.480 e. The number of likely N-dealkylation sites (tertiary alicyclic amines) is 1. The molecule has 3 aliphatic heterocycles. The van der Waals surface area contributed by atoms with E-state index in [0.29, 0.717) is 38.2 Å². The third-order valence-electron chi connectivity index (χ3n) is 6.12. The van der Waals surface area contributed by atoms with Crippen LogP contribution in [-0.4, -0.2) is 60.1 Å². The molecule has 4 heterocycles. The average Bonchev–Trinajstić information content (AvgIpc) is 3.46. The maximum Gasteiger partial charge on any atom is 0.264 e. The summed E-state index contributed by atoms with van der Waals surface area (Å²) in [6.07, 6.45) is 3.40. The molecular formula is C22H23N3O4. The van der Waals surface area contributed by atoms with Crippen LogP contribution in [0.4, 0.5) is 0 Å². The zero-order chi connectivity index (χ0) is 19.8. The summed E-state index contributed by atoms with van der Waals surface area (Å²) >= 11 is 0. The highest BCUT2D eigenvalue weighted by atomic mass is 16.5. The molecule has 2 aromatic rings. The Balaban J connectivity index is 1.17. The first kappa shape index (κ1) is 18.1. The van der Waals surface area contributed by atoms with E-state index < -0.39 is 6.10 Å². The molecule has 1 aromatic heterocycles. The number of pyridine rings is 1. The number of benzene rings is 1. The summed E-state index contributed by atoms with van der Waals surface area (Å²) in [6, 6.07) is 11.3. The number of nitrogens with zero attached hydrogens (tertiary/aromatic N) is 2. The fraction of sp³-hybridized carbons (Fsp3) is 0.409. The SMILES string of the molecule is O=C(NC[C@@H]1CO[C@@H]2CN(C(=O)[C@H]3Cc4ccccc4O3)C[C@H]12)c1cccnc1. The Morgan fingerprint density at radius 3 is 2.90 bits per heavy atom. The predicted octanol–water partition coefficient (Wildman–Crippen LogP) is 1.29. The Bertz CT molecular complexity index is 894. The summed E-state index contributed by atoms with van der Waals surface area (Å²) in [5.41, 5.74) is 1.63. The summed E-state index contributed by atoms with van der Waals surface area (Å²) in [7, 11) is 0. The topological polar surface area (TPSA) is 80.8 Å². The third-order valence-corrected chi connectivity index (χ3v) is 6.12. The van der Waals surface area contributed by atoms with Crippen LogP contribution in [-0.2, 0) is 16.0 Å². The molecule has 1 N–H and O–H groups in total. The number of hydrogen-bond donors (Lipinski definition) is 1. The minimum absolute atomic E-state index is 0.0253. The van der Waals surface area contributed by atoms with Crippen LogP contribution in [0.3, 0.4) is 0 Å². The number of rotatable bonds is 4. The van der Waals surface area contributed by atoms with E-state index in [-0.39, 0.29) is 29.8 Å². The van der Waals surface area contributed by atoms with Crippen molar-refractivity contribution < 1.29 is 19.1 Å². The monoisotopic (exact) mass is 393 g/mol. The van der Waals surface area contributed by atoms with E-state index in [9.17, 15) is 9.59 Å². The Hall–Kier alpha value is -2.93. The zero-order valence-electron chi connectivity index (χ0n) is 16.0. The molecule has 7 heteroatoms. The fourth-order valence-corrected chi connectivity index (χ4v) is 4.54. The van der Waals surface area contributed by atoms with E-state index >= 15 is 0 Å². The van der Waals surface area contributed by atoms with Gasteiger partial charge in [-0.2, -0.15) is 0 Å². The van der Waals surface area contributed by atoms with Gasteiger partial charge in [-0.3, -0.25) is 14.6 Å². The molecule has 0 bridgehead atoms. The van der Waals surface area contributed by atoms with Crippen molar-refractivity contribution in [1.29, 1.82) is 0 Å². The molecule has 5 rings (SSSR count). The van der Waals surface area contributed by atoms with Crippen LogP contribution in [0.25, 0.3) is 0 Å². The van der Waals surface area contributed by atoms with Gasteiger partial charge in [0.1, 0.15) is 5.75 Å². The van der Waals surface area contributed by atoms with Crippen molar-refractivity contribution in [1.82, 2.24) is 15.2 Å². The van der Waals surface area contributed by atoms with Crippen molar-refractivity contribution in [2.24, 2.45) is 11.8 Å². The Morgan fingerprint density at radius 2 is 2.07 bits per heavy atom. The van der Waals surface area contributed by atoms with Crippen molar-refractivity contribution >= 4 is 11.8 Å². The third kappa shape index (κ3) is 3.46. The first-order valence-electron chi connectivity index (χ1n) is 10.0. The van der Waals surface area contributed by atoms with Gasteiger partial charge in [0.25, 0.3) is 11.8 Å². The van der Waals surface area contributed by atoms with E-state index in [1.807, 2.05) is 29.2 Å². The molecule has 0 radical (unpaired) electrons. The van der Waals surface area contributed by atoms with Gasteiger partial charge in [0.15, 0.2) is 6.10 Å². The first-order valence-corrected chi connectivity index (χ1v) is 10.0. The molecule has 2 fully saturated rings. The first-order chi connectivity index (χ1) is 14.2. The Labute approximate surface area is 169 Å². The number of para-hydroxylation sites is 1. The smallest absolute Gasteiger partial charge is 0.264 e. The maximum atomic E-state index is 13.0. The van der Waals surface area contributed by atoms with E-state index in [2.05, 4.69) is 10.3 Å². The molecule has 2 saturated heterocycles. The molecule has 4 atom stereocenters. The average molecular weight is 393 g/mol. The molecule has 0 saturated carbocycles. The molecule has 3 aliphatic rings. The van der Waals surface area contributed by atoms with E-state index in [0.717, 1.165) is 11.3 Å². The van der Waals surface area contributed by atoms with Crippen LogP contribution in [0.5, 0.6) is 5.75 Å². The van der Waals surface area contributed by atoms with Crippen molar-refractivity contribution in [3.8, 4) is 5.75 Å². The quantitative estimate of drug-likeness (QED) is 0.847. The number of carbonyl (C=O) groups excluding carboxylic acids is 2. The van der Waals surface area contributed by atoms with Crippen LogP contribution in [0.2, 0.25) is 0 Å². The second-order valence-electron chi connectivity index (χ2n) is 7.91. The van der Waals surface area contributed by atoms with Gasteiger partial charge < -0.3 is 19.7 Å². The molecule has 150 valence electrons. The number of aromatic nitrogens is 1. The fourth-order valence-electron chi connectivity index (χ4n) is 4.54. The summed E-state index contributed by atoms with van der Waals surface area (Å²) < 4.78 is 11.8. The van der Waals surface area contributed by atoms with Gasteiger partial charge in [0.2, 0.25) is 0 Å². The number of carbonyl (C=O) groups is 2. The molecule has 1 aromatic carbocycles. The molecule has 0 aliphatic carbocycles. The van der Waals surface area contributed by atoms with Gasteiger partial charge in [-0.1, -0.05) is 18.2 Å². The summed E-state index contributed by atoms with van der Waals surface area (Å²) in [4.78, 5) is 31.1. The number of hydrogen-bond acceptors (Lipinski definition) is 5. The van der Waals surface area contributed by atoms with Crippen LogP contribution in [0.15, 0.2) is 48.8 Å². The molecule has 29 heavy (non-hydrogen) atoms. The standard InChI is InChI=1S/C22H23N3O4/c26-21(15-5-3-7-23-9-15)24-10-16-13-28-20-12-25(11-17(16)20)22(27)19-8-14-4-1-2-6-18(14)29-19/h1-7,9,16-17,19-20H,8,10-13H2,(H,24,26)/t16-,17-,19-,20-/m1/s1. The molecule has 2 amide bonds. The maximum absolute atomic E-state index is 13.0. The Kier molecular flexibility index (Phi) is 4.67. The minimum atomic E-state index is -0.449. The van der Waals surface area contributed by atoms with Gasteiger partial charge in [-0.25, -0.2) is 0 Å². The van der Waals surface area contributed by atoms with Crippen LogP contribution < -0.4 is 10.1 Å². The van der Waals surface area contributed by atoms with Gasteiger partial charge in [-0.15, -0.1) is 0 Å². The van der Waals surface area contributed by atoms with E-state index in [4.69, 9.17) is 9.47 Å². The number of ether oxygens (including phenoxy) is 2. The highest BCUT2D eigenvalue weighted by Crippen LogP contribution is 2.35. The van der Waals surface area contributed by atoms with Gasteiger partial charge in [0, 0.05) is 50.3 Å². The predicted molar refractivity (Wildman–Crippen MR) is 104 cm³/mol. The van der Waals surface area contributed by atoms with Gasteiger partial charge in [0.05, 0.1) is 18.3 Å². The highest BCUT2D eigenvalue weighted by molar-refractivity contribution is 5.93. The van der Waals surface area contributed by atoms with Crippen LogP contribution in [0.1, 0.15) is 15.9 Å². The largest absolute Gasteiger partial charge is 0.480 e. The lowest BCUT2D eigenvalue weighted by Gasteiger charge is -2.22. The zero-order valence-corrected chi connectivity index (χ0v) is 16.0. The summed E-state index contributed by atoms with van der Waals surface area (Å²) in [5, 5.41) is 2.98. The summed E-state index contributed by atoms with van der Waals surface area (Å²) in [5.74, 6) is 1.12. The molecule has 7 nitrogen and oxygen atoms in total. The molecular weight excluding hydrogens is 370 g/mol. The van der Waals surface area contributed by atoms with E-state index in [1.54, 1.807) is 24.5 Å². The van der Waals surface area contributed by atoms with Crippen molar-refractivity contribution in [3.63, 3.8) is 0 Å².